The predicted octanol–water partition coefficient (Wildman–Crippen LogP) is 3.86. The highest BCUT2D eigenvalue weighted by atomic mass is 16.5. The molecule has 0 radical (unpaired) electrons. The number of methoxy groups -OCH3 is 1. The molecular formula is C17H16N2O. The van der Waals surface area contributed by atoms with Gasteiger partial charge in [-0.15, -0.1) is 0 Å². The van der Waals surface area contributed by atoms with Crippen molar-refractivity contribution in [3.8, 4) is 22.7 Å². The summed E-state index contributed by atoms with van der Waals surface area (Å²) >= 11 is 0. The first-order valence-electron chi connectivity index (χ1n) is 6.54. The maximum Gasteiger partial charge on any atom is 0.119 e. The van der Waals surface area contributed by atoms with Crippen LogP contribution in [0.15, 0.2) is 60.8 Å². The Bertz CT molecular complexity index is 731. The molecule has 1 aromatic heterocycles. The Morgan fingerprint density at radius 1 is 1.00 bits per heavy atom. The summed E-state index contributed by atoms with van der Waals surface area (Å²) in [6, 6.07) is 18.2. The summed E-state index contributed by atoms with van der Waals surface area (Å²) in [6.07, 6.45) is 1.98. The topological polar surface area (TPSA) is 27.1 Å². The Hall–Kier alpha value is -2.55. The van der Waals surface area contributed by atoms with Gasteiger partial charge in [-0.25, -0.2) is 4.68 Å². The Labute approximate surface area is 118 Å². The Balaban J connectivity index is 2.00. The van der Waals surface area contributed by atoms with Crippen LogP contribution in [0.5, 0.6) is 5.75 Å². The number of hydrogen-bond acceptors (Lipinski definition) is 2. The second-order valence-corrected chi connectivity index (χ2v) is 4.66. The van der Waals surface area contributed by atoms with Gasteiger partial charge in [0.1, 0.15) is 5.75 Å². The van der Waals surface area contributed by atoms with Gasteiger partial charge < -0.3 is 4.74 Å². The summed E-state index contributed by atoms with van der Waals surface area (Å²) in [4.78, 5) is 0. The lowest BCUT2D eigenvalue weighted by atomic mass is 10.1. The van der Waals surface area contributed by atoms with E-state index in [1.165, 1.54) is 5.56 Å². The molecule has 0 spiro atoms. The number of para-hydroxylation sites is 1. The fraction of sp³-hybridized carbons (Fsp3) is 0.118. The molecule has 3 aromatic rings. The van der Waals surface area contributed by atoms with Crippen LogP contribution >= 0.6 is 0 Å². The molecule has 0 aliphatic rings. The van der Waals surface area contributed by atoms with E-state index < -0.39 is 0 Å². The second-order valence-electron chi connectivity index (χ2n) is 4.66. The zero-order valence-corrected chi connectivity index (χ0v) is 11.6. The third-order valence-corrected chi connectivity index (χ3v) is 3.32. The molecule has 0 amide bonds. The van der Waals surface area contributed by atoms with E-state index in [0.717, 1.165) is 22.7 Å². The normalized spacial score (nSPS) is 10.5. The van der Waals surface area contributed by atoms with Crippen molar-refractivity contribution in [2.45, 2.75) is 6.92 Å². The molecule has 3 rings (SSSR count). The van der Waals surface area contributed by atoms with Gasteiger partial charge in [-0.1, -0.05) is 30.3 Å². The van der Waals surface area contributed by atoms with E-state index in [9.17, 15) is 0 Å². The van der Waals surface area contributed by atoms with Crippen LogP contribution in [0.2, 0.25) is 0 Å². The van der Waals surface area contributed by atoms with E-state index in [-0.39, 0.29) is 0 Å². The van der Waals surface area contributed by atoms with Crippen LogP contribution in [0, 0.1) is 6.92 Å². The fourth-order valence-electron chi connectivity index (χ4n) is 2.21. The van der Waals surface area contributed by atoms with Crippen molar-refractivity contribution in [3.63, 3.8) is 0 Å². The van der Waals surface area contributed by atoms with Gasteiger partial charge >= 0.3 is 0 Å². The molecule has 100 valence electrons. The van der Waals surface area contributed by atoms with Crippen LogP contribution in [-0.4, -0.2) is 16.9 Å². The summed E-state index contributed by atoms with van der Waals surface area (Å²) in [6.45, 7) is 2.09. The van der Waals surface area contributed by atoms with Gasteiger partial charge in [-0.3, -0.25) is 0 Å². The zero-order valence-electron chi connectivity index (χ0n) is 11.6. The minimum absolute atomic E-state index is 0.841. The zero-order chi connectivity index (χ0) is 13.9. The average molecular weight is 264 g/mol. The molecule has 0 bridgehead atoms. The number of nitrogens with zero attached hydrogens (tertiary/aromatic N) is 2. The third kappa shape index (κ3) is 2.30. The van der Waals surface area contributed by atoms with Crippen molar-refractivity contribution in [1.82, 2.24) is 9.78 Å². The lowest BCUT2D eigenvalue weighted by Gasteiger charge is -2.05. The molecule has 0 fully saturated rings. The van der Waals surface area contributed by atoms with Crippen LogP contribution in [-0.2, 0) is 0 Å². The Morgan fingerprint density at radius 2 is 1.85 bits per heavy atom. The van der Waals surface area contributed by atoms with Gasteiger partial charge in [-0.05, 0) is 36.8 Å². The molecule has 0 aliphatic carbocycles. The third-order valence-electron chi connectivity index (χ3n) is 3.32. The highest BCUT2D eigenvalue weighted by molar-refractivity contribution is 5.61. The average Bonchev–Trinajstić information content (AvgIpc) is 2.97. The standard InChI is InChI=1S/C17H16N2O/c1-13-6-3-4-9-17(13)19-11-10-16(18-19)14-7-5-8-15(12-14)20-2/h3-12H,1-2H3. The molecule has 20 heavy (non-hydrogen) atoms. The van der Waals surface area contributed by atoms with Crippen LogP contribution < -0.4 is 4.74 Å². The lowest BCUT2D eigenvalue weighted by molar-refractivity contribution is 0.415. The number of rotatable bonds is 3. The molecule has 0 atom stereocenters. The number of ether oxygens (including phenoxy) is 1. The number of hydrogen-bond donors (Lipinski definition) is 0. The summed E-state index contributed by atoms with van der Waals surface area (Å²) in [7, 11) is 1.67. The molecule has 1 heterocycles. The Kier molecular flexibility index (Phi) is 3.25. The molecule has 0 saturated carbocycles. The van der Waals surface area contributed by atoms with E-state index in [4.69, 9.17) is 4.74 Å². The summed E-state index contributed by atoms with van der Waals surface area (Å²) in [5, 5.41) is 4.65. The van der Waals surface area contributed by atoms with Crippen LogP contribution in [0.1, 0.15) is 5.56 Å². The minimum atomic E-state index is 0.841. The van der Waals surface area contributed by atoms with Gasteiger partial charge in [-0.2, -0.15) is 5.10 Å². The van der Waals surface area contributed by atoms with Crippen LogP contribution in [0.25, 0.3) is 16.9 Å². The lowest BCUT2D eigenvalue weighted by Crippen LogP contribution is -1.97. The van der Waals surface area contributed by atoms with Gasteiger partial charge in [0.15, 0.2) is 0 Å². The van der Waals surface area contributed by atoms with Gasteiger partial charge in [0, 0.05) is 11.8 Å². The SMILES string of the molecule is COc1cccc(-c2ccn(-c3ccccc3C)n2)c1. The predicted molar refractivity (Wildman–Crippen MR) is 80.3 cm³/mol. The molecule has 3 nitrogen and oxygen atoms in total. The molecule has 3 heteroatoms. The van der Waals surface area contributed by atoms with Crippen LogP contribution in [0.3, 0.4) is 0 Å². The van der Waals surface area contributed by atoms with E-state index in [0.29, 0.717) is 0 Å². The van der Waals surface area contributed by atoms with Crippen molar-refractivity contribution in [2.24, 2.45) is 0 Å². The van der Waals surface area contributed by atoms with E-state index in [2.05, 4.69) is 24.2 Å². The summed E-state index contributed by atoms with van der Waals surface area (Å²) in [5.41, 5.74) is 4.29. The molecule has 0 unspecified atom stereocenters. The highest BCUT2D eigenvalue weighted by Crippen LogP contribution is 2.23. The quantitative estimate of drug-likeness (QED) is 0.718. The monoisotopic (exact) mass is 264 g/mol. The largest absolute Gasteiger partial charge is 0.497 e. The van der Waals surface area contributed by atoms with Gasteiger partial charge in [0.05, 0.1) is 18.5 Å². The Morgan fingerprint density at radius 3 is 2.65 bits per heavy atom. The van der Waals surface area contributed by atoms with Gasteiger partial charge in [0.25, 0.3) is 0 Å². The van der Waals surface area contributed by atoms with E-state index >= 15 is 0 Å². The summed E-state index contributed by atoms with van der Waals surface area (Å²) in [5.74, 6) is 0.841. The second kappa shape index (κ2) is 5.21. The minimum Gasteiger partial charge on any atom is -0.497 e. The van der Waals surface area contributed by atoms with Crippen LogP contribution in [0.4, 0.5) is 0 Å². The maximum absolute atomic E-state index is 5.25. The number of aryl methyl sites for hydroxylation is 1. The van der Waals surface area contributed by atoms with Crippen molar-refractivity contribution in [1.29, 1.82) is 0 Å². The first-order valence-corrected chi connectivity index (χ1v) is 6.54. The number of benzene rings is 2. The van der Waals surface area contributed by atoms with Crippen molar-refractivity contribution < 1.29 is 4.74 Å². The molecule has 2 aromatic carbocycles. The van der Waals surface area contributed by atoms with E-state index in [1.807, 2.05) is 53.3 Å². The van der Waals surface area contributed by atoms with Gasteiger partial charge in [0.2, 0.25) is 0 Å². The first-order chi connectivity index (χ1) is 9.78. The smallest absolute Gasteiger partial charge is 0.119 e. The summed E-state index contributed by atoms with van der Waals surface area (Å²) < 4.78 is 7.16. The molecular weight excluding hydrogens is 248 g/mol. The molecule has 0 aliphatic heterocycles. The van der Waals surface area contributed by atoms with Crippen molar-refractivity contribution >= 4 is 0 Å². The number of aromatic nitrogens is 2. The highest BCUT2D eigenvalue weighted by Gasteiger charge is 2.06. The van der Waals surface area contributed by atoms with E-state index in [1.54, 1.807) is 7.11 Å². The van der Waals surface area contributed by atoms with Crippen molar-refractivity contribution in [3.05, 3.63) is 66.4 Å². The fourth-order valence-corrected chi connectivity index (χ4v) is 2.21. The van der Waals surface area contributed by atoms with Crippen molar-refractivity contribution in [2.75, 3.05) is 7.11 Å². The molecule has 0 N–H and O–H groups in total. The first kappa shape index (κ1) is 12.5. The molecule has 0 saturated heterocycles. The maximum atomic E-state index is 5.25.